The van der Waals surface area contributed by atoms with Gasteiger partial charge in [-0.3, -0.25) is 0 Å². The number of aromatic amines is 1. The molecule has 6 aromatic rings. The minimum atomic E-state index is -0.598. The van der Waals surface area contributed by atoms with E-state index in [1.807, 2.05) is 64.1 Å². The highest BCUT2D eigenvalue weighted by atomic mass is 79.9. The van der Waals surface area contributed by atoms with Crippen LogP contribution in [0, 0.1) is 0 Å². The lowest BCUT2D eigenvalue weighted by Crippen LogP contribution is -2.16. The number of rotatable bonds is 9. The van der Waals surface area contributed by atoms with Gasteiger partial charge in [0.05, 0.1) is 28.8 Å². The second kappa shape index (κ2) is 19.3. The summed E-state index contributed by atoms with van der Waals surface area (Å²) >= 11 is 22.4. The van der Waals surface area contributed by atoms with Crippen LogP contribution in [0.2, 0.25) is 10.0 Å². The van der Waals surface area contributed by atoms with Gasteiger partial charge in [-0.15, -0.1) is 10.2 Å². The minimum Gasteiger partial charge on any atom is -0.489 e. The summed E-state index contributed by atoms with van der Waals surface area (Å²) in [6.45, 7) is 8.01. The van der Waals surface area contributed by atoms with Crippen LogP contribution in [0.5, 0.6) is 11.5 Å². The summed E-state index contributed by atoms with van der Waals surface area (Å²) in [4.78, 5) is 22.9. The van der Waals surface area contributed by atoms with Crippen molar-refractivity contribution in [3.63, 3.8) is 0 Å². The van der Waals surface area contributed by atoms with Crippen LogP contribution in [0.4, 0.5) is 0 Å². The van der Waals surface area contributed by atoms with Crippen LogP contribution >= 0.6 is 71.0 Å². The number of H-pyrrole nitrogens is 1. The van der Waals surface area contributed by atoms with Gasteiger partial charge < -0.3 is 18.3 Å². The van der Waals surface area contributed by atoms with Crippen molar-refractivity contribution in [2.45, 2.75) is 51.8 Å². The van der Waals surface area contributed by atoms with E-state index in [9.17, 15) is 9.59 Å². The Kier molecular flexibility index (Phi) is 15.2. The molecule has 4 aromatic carbocycles. The Bertz CT molecular complexity index is 2130. The fourth-order valence-electron chi connectivity index (χ4n) is 4.18. The van der Waals surface area contributed by atoms with Gasteiger partial charge in [-0.25, -0.2) is 14.7 Å². The van der Waals surface area contributed by atoms with Crippen molar-refractivity contribution >= 4 is 71.0 Å². The molecule has 0 spiro atoms. The molecule has 0 amide bonds. The molecule has 0 aliphatic rings. The van der Waals surface area contributed by atoms with Crippen molar-refractivity contribution in [2.24, 2.45) is 0 Å². The van der Waals surface area contributed by atoms with Crippen LogP contribution in [0.1, 0.15) is 38.8 Å². The van der Waals surface area contributed by atoms with Gasteiger partial charge in [0.15, 0.2) is 0 Å². The van der Waals surface area contributed by atoms with Gasteiger partial charge >= 0.3 is 11.5 Å². The van der Waals surface area contributed by atoms with Gasteiger partial charge in [0.25, 0.3) is 0 Å². The predicted molar refractivity (Wildman–Crippen MR) is 210 cm³/mol. The number of hydrogen-bond acceptors (Lipinski definition) is 8. The van der Waals surface area contributed by atoms with E-state index in [-0.39, 0.29) is 24.0 Å². The second-order valence-corrected chi connectivity index (χ2v) is 14.5. The summed E-state index contributed by atoms with van der Waals surface area (Å²) < 4.78 is 24.6. The third-order valence-electron chi connectivity index (χ3n) is 6.44. The zero-order valence-corrected chi connectivity index (χ0v) is 34.1. The van der Waals surface area contributed by atoms with E-state index < -0.39 is 11.5 Å². The zero-order chi connectivity index (χ0) is 37.1. The number of benzene rings is 4. The lowest BCUT2D eigenvalue weighted by atomic mass is 10.2. The Morgan fingerprint density at radius 3 is 1.65 bits per heavy atom. The smallest absolute Gasteiger partial charge is 0.437 e. The third-order valence-corrected chi connectivity index (χ3v) is 8.74. The molecule has 1 N–H and O–H groups in total. The van der Waals surface area contributed by atoms with Crippen LogP contribution in [0.25, 0.3) is 22.9 Å². The molecule has 10 nitrogen and oxygen atoms in total. The van der Waals surface area contributed by atoms with Gasteiger partial charge in [0.1, 0.15) is 11.5 Å². The van der Waals surface area contributed by atoms with Crippen molar-refractivity contribution in [1.82, 2.24) is 20.0 Å². The Labute approximate surface area is 329 Å². The number of ether oxygens (including phenoxy) is 2. The molecule has 0 bridgehead atoms. The van der Waals surface area contributed by atoms with Crippen molar-refractivity contribution < 1.29 is 18.3 Å². The number of nitrogens with one attached hydrogen (secondary N) is 1. The van der Waals surface area contributed by atoms with Gasteiger partial charge in [-0.05, 0) is 99.5 Å². The summed E-state index contributed by atoms with van der Waals surface area (Å²) in [5, 5.41) is 12.0. The maximum Gasteiger partial charge on any atom is 0.437 e. The first-order valence-electron chi connectivity index (χ1n) is 15.4. The van der Waals surface area contributed by atoms with Gasteiger partial charge in [0.2, 0.25) is 11.8 Å². The van der Waals surface area contributed by atoms with E-state index in [1.54, 1.807) is 36.4 Å². The molecule has 0 saturated heterocycles. The highest BCUT2D eigenvalue weighted by Gasteiger charge is 2.14. The summed E-state index contributed by atoms with van der Waals surface area (Å²) in [7, 11) is 0. The molecule has 51 heavy (non-hydrogen) atoms. The molecule has 0 atom stereocenters. The average molecular weight is 928 g/mol. The molecule has 6 rings (SSSR count). The second-order valence-electron chi connectivity index (χ2n) is 11.3. The van der Waals surface area contributed by atoms with E-state index in [0.29, 0.717) is 39.2 Å². The molecular weight excluding hydrogens is 895 g/mol. The van der Waals surface area contributed by atoms with E-state index in [0.717, 1.165) is 19.8 Å². The van der Waals surface area contributed by atoms with E-state index in [2.05, 4.69) is 75.2 Å². The molecule has 2 heterocycles. The fourth-order valence-corrected chi connectivity index (χ4v) is 5.53. The van der Waals surface area contributed by atoms with Crippen molar-refractivity contribution in [1.29, 1.82) is 0 Å². The fraction of sp³-hybridized carbons (Fsp3) is 0.222. The Morgan fingerprint density at radius 1 is 0.725 bits per heavy atom. The number of hydrogen-bond donors (Lipinski definition) is 1. The van der Waals surface area contributed by atoms with Crippen LogP contribution in [0.3, 0.4) is 0 Å². The number of nitrogens with zero attached hydrogens (tertiary/aromatic N) is 3. The van der Waals surface area contributed by atoms with E-state index in [1.165, 1.54) is 10.2 Å². The molecule has 0 aliphatic heterocycles. The summed E-state index contributed by atoms with van der Waals surface area (Å²) in [6.07, 6.45) is 0.0630. The minimum absolute atomic E-state index is 0.0198. The number of halogens is 5. The van der Waals surface area contributed by atoms with Crippen molar-refractivity contribution in [3.05, 3.63) is 136 Å². The van der Waals surface area contributed by atoms with Crippen molar-refractivity contribution in [2.75, 3.05) is 0 Å². The maximum atomic E-state index is 12.0. The molecule has 0 aliphatic carbocycles. The summed E-state index contributed by atoms with van der Waals surface area (Å²) in [5.74, 6) is 0.476. The standard InChI is InChI=1S/C18H16BrClN2O3.C11H11ClN2O3.C7H6Br2/c1-11(2)24-16-8-5-13(9-15(16)20)17-21-22(18(23)25-17)10-12-3-6-14(19)7-4-12;1-6(2)16-9-4-3-7(5-8(9)12)10-13-14-11(15)17-10;8-5-6-1-3-7(9)4-2-6/h3-9,11H,10H2,1-2H3;3-6H,1-2H3,(H,14,15);1-4H,5H2. The number of alkyl halides is 1. The SMILES string of the molecule is BrCc1ccc(Br)cc1.CC(C)Oc1ccc(-c2n[nH]c(=O)o2)cc1Cl.CC(C)Oc1ccc(-c2nn(Cc3ccc(Br)cc3)c(=O)o2)cc1Cl. The van der Waals surface area contributed by atoms with Gasteiger partial charge in [0, 0.05) is 25.4 Å². The highest BCUT2D eigenvalue weighted by molar-refractivity contribution is 9.10. The Morgan fingerprint density at radius 2 is 1.22 bits per heavy atom. The summed E-state index contributed by atoms with van der Waals surface area (Å²) in [6, 6.07) is 26.2. The topological polar surface area (TPSA) is 125 Å². The van der Waals surface area contributed by atoms with Crippen molar-refractivity contribution in [3.8, 4) is 34.4 Å². The molecule has 15 heteroatoms. The van der Waals surface area contributed by atoms with Gasteiger partial charge in [-0.1, -0.05) is 95.3 Å². The maximum absolute atomic E-state index is 12.0. The lowest BCUT2D eigenvalue weighted by Gasteiger charge is -2.11. The van der Waals surface area contributed by atoms with Crippen LogP contribution in [-0.2, 0) is 11.9 Å². The van der Waals surface area contributed by atoms with Gasteiger partial charge in [-0.2, -0.15) is 4.68 Å². The molecule has 0 radical (unpaired) electrons. The molecule has 2 aromatic heterocycles. The third kappa shape index (κ3) is 12.5. The van der Waals surface area contributed by atoms with Crippen LogP contribution < -0.4 is 21.0 Å². The molecular formula is C36H33Br3Cl2N4O6. The van der Waals surface area contributed by atoms with E-state index >= 15 is 0 Å². The average Bonchev–Trinajstić information content (AvgIpc) is 3.69. The number of aromatic nitrogens is 4. The first kappa shape index (κ1) is 40.2. The quantitative estimate of drug-likeness (QED) is 0.142. The highest BCUT2D eigenvalue weighted by Crippen LogP contribution is 2.31. The van der Waals surface area contributed by atoms with Crippen LogP contribution in [-0.4, -0.2) is 32.2 Å². The molecule has 0 saturated carbocycles. The Balaban J connectivity index is 0.000000192. The first-order chi connectivity index (χ1) is 24.3. The lowest BCUT2D eigenvalue weighted by molar-refractivity contribution is 0.242. The normalized spacial score (nSPS) is 10.7. The molecule has 0 fully saturated rings. The van der Waals surface area contributed by atoms with Crippen LogP contribution in [0.15, 0.2) is 112 Å². The predicted octanol–water partition coefficient (Wildman–Crippen LogP) is 10.6. The molecule has 268 valence electrons. The molecule has 0 unspecified atom stereocenters. The summed E-state index contributed by atoms with van der Waals surface area (Å²) in [5.41, 5.74) is 3.49. The zero-order valence-electron chi connectivity index (χ0n) is 27.8. The Hall–Kier alpha value is -3.62. The van der Waals surface area contributed by atoms with E-state index in [4.69, 9.17) is 41.5 Å². The largest absolute Gasteiger partial charge is 0.489 e. The first-order valence-corrected chi connectivity index (χ1v) is 18.9. The monoisotopic (exact) mass is 924 g/mol.